The molecule has 0 saturated heterocycles. The Kier molecular flexibility index (Phi) is 5.83. The first kappa shape index (κ1) is 16.5. The zero-order valence-electron chi connectivity index (χ0n) is 11.0. The number of hydrogen-bond acceptors (Lipinski definition) is 2. The molecule has 1 aliphatic carbocycles. The van der Waals surface area contributed by atoms with Crippen molar-refractivity contribution in [2.45, 2.75) is 37.6 Å². The van der Waals surface area contributed by atoms with Crippen molar-refractivity contribution in [3.8, 4) is 0 Å². The molecule has 0 radical (unpaired) electrons. The SMILES string of the molecule is C[C@@H](CN)NC(=O)C1(c2ccc(Br)cc2)CCC1.Cl. The molecule has 3 N–H and O–H groups in total. The van der Waals surface area contributed by atoms with Crippen LogP contribution in [0.2, 0.25) is 0 Å². The molecule has 5 heteroatoms. The predicted octanol–water partition coefficient (Wildman–Crippen LogP) is 2.76. The number of rotatable bonds is 4. The Labute approximate surface area is 128 Å². The molecular weight excluding hydrogens is 328 g/mol. The highest BCUT2D eigenvalue weighted by atomic mass is 79.9. The van der Waals surface area contributed by atoms with Crippen molar-refractivity contribution in [1.29, 1.82) is 0 Å². The van der Waals surface area contributed by atoms with Gasteiger partial charge in [0.1, 0.15) is 0 Å². The summed E-state index contributed by atoms with van der Waals surface area (Å²) in [5.41, 5.74) is 6.34. The van der Waals surface area contributed by atoms with E-state index in [0.29, 0.717) is 6.54 Å². The van der Waals surface area contributed by atoms with Crippen molar-refractivity contribution in [2.24, 2.45) is 5.73 Å². The molecule has 1 aromatic carbocycles. The average Bonchev–Trinajstić information content (AvgIpc) is 2.30. The van der Waals surface area contributed by atoms with E-state index in [0.717, 1.165) is 29.3 Å². The van der Waals surface area contributed by atoms with Crippen molar-refractivity contribution >= 4 is 34.2 Å². The molecular formula is C14H20BrClN2O. The van der Waals surface area contributed by atoms with Crippen LogP contribution in [0.5, 0.6) is 0 Å². The van der Waals surface area contributed by atoms with Gasteiger partial charge in [-0.05, 0) is 37.5 Å². The lowest BCUT2D eigenvalue weighted by Crippen LogP contribution is -2.52. The quantitative estimate of drug-likeness (QED) is 0.880. The van der Waals surface area contributed by atoms with Gasteiger partial charge in [-0.25, -0.2) is 0 Å². The molecule has 2 rings (SSSR count). The monoisotopic (exact) mass is 346 g/mol. The number of benzene rings is 1. The molecule has 0 aliphatic heterocycles. The summed E-state index contributed by atoms with van der Waals surface area (Å²) in [6.07, 6.45) is 2.97. The second-order valence-corrected chi connectivity index (χ2v) is 5.97. The molecule has 0 bridgehead atoms. The van der Waals surface area contributed by atoms with E-state index in [9.17, 15) is 4.79 Å². The first-order valence-electron chi connectivity index (χ1n) is 6.35. The Morgan fingerprint density at radius 2 is 2.00 bits per heavy atom. The largest absolute Gasteiger partial charge is 0.352 e. The first-order chi connectivity index (χ1) is 8.58. The minimum atomic E-state index is -0.329. The van der Waals surface area contributed by atoms with E-state index >= 15 is 0 Å². The third-order valence-electron chi connectivity index (χ3n) is 3.77. The van der Waals surface area contributed by atoms with E-state index in [1.54, 1.807) is 0 Å². The number of amides is 1. The lowest BCUT2D eigenvalue weighted by molar-refractivity contribution is -0.130. The predicted molar refractivity (Wildman–Crippen MR) is 83.6 cm³/mol. The van der Waals surface area contributed by atoms with Gasteiger partial charge in [0.15, 0.2) is 0 Å². The highest BCUT2D eigenvalue weighted by Gasteiger charge is 2.45. The smallest absolute Gasteiger partial charge is 0.230 e. The van der Waals surface area contributed by atoms with Gasteiger partial charge in [-0.15, -0.1) is 12.4 Å². The molecule has 1 saturated carbocycles. The molecule has 19 heavy (non-hydrogen) atoms. The number of halogens is 2. The Hall–Kier alpha value is -0.580. The molecule has 1 fully saturated rings. The van der Waals surface area contributed by atoms with Gasteiger partial charge in [0.2, 0.25) is 5.91 Å². The van der Waals surface area contributed by atoms with E-state index in [4.69, 9.17) is 5.73 Å². The van der Waals surface area contributed by atoms with Crippen LogP contribution in [-0.2, 0) is 10.2 Å². The molecule has 0 spiro atoms. The van der Waals surface area contributed by atoms with Crippen molar-refractivity contribution in [1.82, 2.24) is 5.32 Å². The number of carbonyl (C=O) groups is 1. The summed E-state index contributed by atoms with van der Waals surface area (Å²) >= 11 is 3.42. The molecule has 0 aromatic heterocycles. The Bertz CT molecular complexity index is 432. The second kappa shape index (κ2) is 6.73. The van der Waals surface area contributed by atoms with E-state index in [1.807, 2.05) is 31.2 Å². The van der Waals surface area contributed by atoms with Crippen LogP contribution in [0.15, 0.2) is 28.7 Å². The first-order valence-corrected chi connectivity index (χ1v) is 7.15. The summed E-state index contributed by atoms with van der Waals surface area (Å²) in [6, 6.07) is 8.10. The van der Waals surface area contributed by atoms with E-state index < -0.39 is 0 Å². The molecule has 1 aromatic rings. The van der Waals surface area contributed by atoms with Gasteiger partial charge < -0.3 is 11.1 Å². The van der Waals surface area contributed by atoms with Gasteiger partial charge in [-0.2, -0.15) is 0 Å². The topological polar surface area (TPSA) is 55.1 Å². The Balaban J connectivity index is 0.00000180. The summed E-state index contributed by atoms with van der Waals surface area (Å²) < 4.78 is 1.04. The van der Waals surface area contributed by atoms with Gasteiger partial charge >= 0.3 is 0 Å². The summed E-state index contributed by atoms with van der Waals surface area (Å²) in [5, 5.41) is 3.01. The third-order valence-corrected chi connectivity index (χ3v) is 4.30. The normalized spacial score (nSPS) is 17.8. The fourth-order valence-corrected chi connectivity index (χ4v) is 2.63. The van der Waals surface area contributed by atoms with E-state index in [-0.39, 0.29) is 29.8 Å². The minimum Gasteiger partial charge on any atom is -0.352 e. The standard InChI is InChI=1S/C14H19BrN2O.ClH/c1-10(9-16)17-13(18)14(7-2-8-14)11-3-5-12(15)6-4-11;/h3-6,10H,2,7-9,16H2,1H3,(H,17,18);1H/t10-;/m0./s1. The molecule has 0 heterocycles. The molecule has 106 valence electrons. The number of nitrogens with two attached hydrogens (primary N) is 1. The maximum absolute atomic E-state index is 12.4. The van der Waals surface area contributed by atoms with Gasteiger partial charge in [0, 0.05) is 17.1 Å². The van der Waals surface area contributed by atoms with Gasteiger partial charge in [-0.3, -0.25) is 4.79 Å². The molecule has 0 unspecified atom stereocenters. The fraction of sp³-hybridized carbons (Fsp3) is 0.500. The minimum absolute atomic E-state index is 0. The molecule has 1 aliphatic rings. The van der Waals surface area contributed by atoms with E-state index in [2.05, 4.69) is 21.2 Å². The zero-order valence-corrected chi connectivity index (χ0v) is 13.4. The lowest BCUT2D eigenvalue weighted by atomic mass is 9.63. The van der Waals surface area contributed by atoms with Gasteiger partial charge in [0.05, 0.1) is 5.41 Å². The highest BCUT2D eigenvalue weighted by molar-refractivity contribution is 9.10. The van der Waals surface area contributed by atoms with Crippen LogP contribution in [0.4, 0.5) is 0 Å². The summed E-state index contributed by atoms with van der Waals surface area (Å²) in [6.45, 7) is 2.41. The van der Waals surface area contributed by atoms with Crippen LogP contribution < -0.4 is 11.1 Å². The van der Waals surface area contributed by atoms with Crippen LogP contribution in [0.25, 0.3) is 0 Å². The highest BCUT2D eigenvalue weighted by Crippen LogP contribution is 2.44. The Morgan fingerprint density at radius 3 is 2.42 bits per heavy atom. The molecule has 1 amide bonds. The number of nitrogens with one attached hydrogen (secondary N) is 1. The number of hydrogen-bond donors (Lipinski definition) is 2. The summed E-state index contributed by atoms with van der Waals surface area (Å²) in [7, 11) is 0. The van der Waals surface area contributed by atoms with Gasteiger partial charge in [-0.1, -0.05) is 34.5 Å². The second-order valence-electron chi connectivity index (χ2n) is 5.05. The van der Waals surface area contributed by atoms with E-state index in [1.165, 1.54) is 0 Å². The maximum atomic E-state index is 12.4. The van der Waals surface area contributed by atoms with Crippen LogP contribution in [-0.4, -0.2) is 18.5 Å². The molecule has 3 nitrogen and oxygen atoms in total. The Morgan fingerprint density at radius 1 is 1.42 bits per heavy atom. The van der Waals surface area contributed by atoms with Crippen LogP contribution in [0.1, 0.15) is 31.7 Å². The van der Waals surface area contributed by atoms with Crippen LogP contribution in [0, 0.1) is 0 Å². The van der Waals surface area contributed by atoms with Crippen molar-refractivity contribution < 1.29 is 4.79 Å². The van der Waals surface area contributed by atoms with Crippen LogP contribution in [0.3, 0.4) is 0 Å². The van der Waals surface area contributed by atoms with Crippen LogP contribution >= 0.6 is 28.3 Å². The summed E-state index contributed by atoms with van der Waals surface area (Å²) in [4.78, 5) is 12.4. The lowest BCUT2D eigenvalue weighted by Gasteiger charge is -2.41. The number of carbonyl (C=O) groups excluding carboxylic acids is 1. The summed E-state index contributed by atoms with van der Waals surface area (Å²) in [5.74, 6) is 0.119. The van der Waals surface area contributed by atoms with Gasteiger partial charge in [0.25, 0.3) is 0 Å². The molecule has 1 atom stereocenters. The third kappa shape index (κ3) is 3.30. The van der Waals surface area contributed by atoms with Crippen molar-refractivity contribution in [2.75, 3.05) is 6.54 Å². The van der Waals surface area contributed by atoms with Crippen molar-refractivity contribution in [3.05, 3.63) is 34.3 Å². The average molecular weight is 348 g/mol. The zero-order chi connectivity index (χ0) is 13.2. The maximum Gasteiger partial charge on any atom is 0.230 e. The van der Waals surface area contributed by atoms with Crippen molar-refractivity contribution in [3.63, 3.8) is 0 Å². The fourth-order valence-electron chi connectivity index (χ4n) is 2.37.